The monoisotopic (exact) mass is 294 g/mol. The van der Waals surface area contributed by atoms with Crippen molar-refractivity contribution >= 4 is 0 Å². The van der Waals surface area contributed by atoms with E-state index in [1.165, 1.54) is 24.8 Å². The van der Waals surface area contributed by atoms with Crippen LogP contribution >= 0.6 is 0 Å². The normalized spacial score (nSPS) is 19.0. The van der Waals surface area contributed by atoms with Crippen molar-refractivity contribution in [3.05, 3.63) is 53.9 Å². The summed E-state index contributed by atoms with van der Waals surface area (Å²) in [5.41, 5.74) is 1.99. The standard InChI is InChI=1S/C18H22N4/c19-14-16-5-3-6-17(13-16)15-21-10-2-1-7-18(21)8-12-22-11-4-9-20-22/h3-6,9,11,13,18H,1-2,7-8,10,12,15H2. The Hall–Kier alpha value is -2.12. The molecule has 1 aromatic carbocycles. The number of nitrogens with zero attached hydrogens (tertiary/aromatic N) is 4. The molecule has 0 radical (unpaired) electrons. The summed E-state index contributed by atoms with van der Waals surface area (Å²) in [6, 6.07) is 12.8. The summed E-state index contributed by atoms with van der Waals surface area (Å²) in [4.78, 5) is 2.57. The number of rotatable bonds is 5. The Morgan fingerprint density at radius 3 is 3.05 bits per heavy atom. The first-order valence-electron chi connectivity index (χ1n) is 8.05. The highest BCUT2D eigenvalue weighted by Crippen LogP contribution is 2.22. The van der Waals surface area contributed by atoms with Gasteiger partial charge in [0.2, 0.25) is 0 Å². The number of likely N-dealkylation sites (tertiary alicyclic amines) is 1. The van der Waals surface area contributed by atoms with Gasteiger partial charge in [-0.1, -0.05) is 18.6 Å². The third-order valence-electron chi connectivity index (χ3n) is 4.44. The summed E-state index contributed by atoms with van der Waals surface area (Å²) >= 11 is 0. The van der Waals surface area contributed by atoms with E-state index in [9.17, 15) is 0 Å². The molecule has 0 N–H and O–H groups in total. The molecule has 3 rings (SSSR count). The summed E-state index contributed by atoms with van der Waals surface area (Å²) in [7, 11) is 0. The average Bonchev–Trinajstić information content (AvgIpc) is 3.08. The molecule has 1 fully saturated rings. The fourth-order valence-corrected chi connectivity index (χ4v) is 3.28. The van der Waals surface area contributed by atoms with Gasteiger partial charge in [0.1, 0.15) is 0 Å². The fourth-order valence-electron chi connectivity index (χ4n) is 3.28. The molecule has 0 spiro atoms. The van der Waals surface area contributed by atoms with Gasteiger partial charge in [0.05, 0.1) is 11.6 Å². The molecule has 0 saturated carbocycles. The maximum Gasteiger partial charge on any atom is 0.0991 e. The molecule has 0 bridgehead atoms. The van der Waals surface area contributed by atoms with Crippen molar-refractivity contribution in [2.45, 2.75) is 44.8 Å². The molecule has 0 aliphatic carbocycles. The van der Waals surface area contributed by atoms with Gasteiger partial charge in [-0.15, -0.1) is 0 Å². The number of piperidine rings is 1. The van der Waals surface area contributed by atoms with Gasteiger partial charge in [0.15, 0.2) is 0 Å². The van der Waals surface area contributed by atoms with Crippen LogP contribution in [0.2, 0.25) is 0 Å². The number of hydrogen-bond donors (Lipinski definition) is 0. The van der Waals surface area contributed by atoms with E-state index in [0.717, 1.165) is 31.6 Å². The third-order valence-corrected chi connectivity index (χ3v) is 4.44. The first kappa shape index (κ1) is 14.8. The van der Waals surface area contributed by atoms with Gasteiger partial charge < -0.3 is 0 Å². The molecule has 1 aromatic heterocycles. The van der Waals surface area contributed by atoms with Gasteiger partial charge in [-0.3, -0.25) is 9.58 Å². The zero-order chi connectivity index (χ0) is 15.2. The number of nitriles is 1. The summed E-state index contributed by atoms with van der Waals surface area (Å²) in [5, 5.41) is 13.3. The van der Waals surface area contributed by atoms with Crippen LogP contribution in [0.1, 0.15) is 36.8 Å². The highest BCUT2D eigenvalue weighted by atomic mass is 15.3. The Morgan fingerprint density at radius 1 is 1.27 bits per heavy atom. The maximum absolute atomic E-state index is 9.04. The summed E-state index contributed by atoms with van der Waals surface area (Å²) < 4.78 is 2.02. The molecule has 1 aliphatic rings. The van der Waals surface area contributed by atoms with E-state index in [1.54, 1.807) is 0 Å². The van der Waals surface area contributed by atoms with Crippen molar-refractivity contribution in [3.8, 4) is 6.07 Å². The van der Waals surface area contributed by atoms with Gasteiger partial charge in [0, 0.05) is 31.5 Å². The molecule has 4 nitrogen and oxygen atoms in total. The van der Waals surface area contributed by atoms with Crippen LogP contribution in [-0.4, -0.2) is 27.3 Å². The second-order valence-electron chi connectivity index (χ2n) is 5.99. The van der Waals surface area contributed by atoms with Crippen LogP contribution in [0.25, 0.3) is 0 Å². The number of hydrogen-bond acceptors (Lipinski definition) is 3. The predicted octanol–water partition coefficient (Wildman–Crippen LogP) is 3.20. The fraction of sp³-hybridized carbons (Fsp3) is 0.444. The SMILES string of the molecule is N#Cc1cccc(CN2CCCCC2CCn2cccn2)c1. The van der Waals surface area contributed by atoms with Crippen LogP contribution in [0.3, 0.4) is 0 Å². The minimum Gasteiger partial charge on any atom is -0.296 e. The largest absolute Gasteiger partial charge is 0.296 e. The van der Waals surface area contributed by atoms with Crippen LogP contribution in [0.4, 0.5) is 0 Å². The van der Waals surface area contributed by atoms with Crippen molar-refractivity contribution in [1.82, 2.24) is 14.7 Å². The molecular weight excluding hydrogens is 272 g/mol. The average molecular weight is 294 g/mol. The number of aryl methyl sites for hydroxylation is 1. The smallest absolute Gasteiger partial charge is 0.0991 e. The number of aromatic nitrogens is 2. The second kappa shape index (κ2) is 7.24. The quantitative estimate of drug-likeness (QED) is 0.850. The van der Waals surface area contributed by atoms with Crippen LogP contribution < -0.4 is 0 Å². The van der Waals surface area contributed by atoms with Gasteiger partial charge >= 0.3 is 0 Å². The lowest BCUT2D eigenvalue weighted by Gasteiger charge is -2.36. The lowest BCUT2D eigenvalue weighted by atomic mass is 9.98. The van der Waals surface area contributed by atoms with Crippen LogP contribution in [0.5, 0.6) is 0 Å². The third kappa shape index (κ3) is 3.75. The van der Waals surface area contributed by atoms with E-state index in [0.29, 0.717) is 6.04 Å². The van der Waals surface area contributed by atoms with E-state index in [1.807, 2.05) is 41.3 Å². The minimum atomic E-state index is 0.615. The molecule has 1 unspecified atom stereocenters. The summed E-state index contributed by atoms with van der Waals surface area (Å²) in [5.74, 6) is 0. The molecule has 0 amide bonds. The predicted molar refractivity (Wildman–Crippen MR) is 86.1 cm³/mol. The number of benzene rings is 1. The zero-order valence-corrected chi connectivity index (χ0v) is 12.9. The molecule has 4 heteroatoms. The van der Waals surface area contributed by atoms with Gasteiger partial charge in [0.25, 0.3) is 0 Å². The van der Waals surface area contributed by atoms with Crippen molar-refractivity contribution in [3.63, 3.8) is 0 Å². The summed E-state index contributed by atoms with van der Waals surface area (Å²) in [6.07, 6.45) is 8.86. The van der Waals surface area contributed by atoms with Crippen molar-refractivity contribution in [1.29, 1.82) is 5.26 Å². The van der Waals surface area contributed by atoms with E-state index in [4.69, 9.17) is 5.26 Å². The van der Waals surface area contributed by atoms with Gasteiger partial charge in [-0.2, -0.15) is 10.4 Å². The molecule has 1 saturated heterocycles. The highest BCUT2D eigenvalue weighted by Gasteiger charge is 2.22. The Balaban J connectivity index is 1.63. The van der Waals surface area contributed by atoms with Gasteiger partial charge in [-0.25, -0.2) is 0 Å². The first-order valence-corrected chi connectivity index (χ1v) is 8.05. The Bertz CT molecular complexity index is 627. The van der Waals surface area contributed by atoms with Crippen molar-refractivity contribution in [2.24, 2.45) is 0 Å². The topological polar surface area (TPSA) is 44.9 Å². The molecular formula is C18H22N4. The van der Waals surface area contributed by atoms with E-state index in [2.05, 4.69) is 22.1 Å². The Labute approximate surface area is 132 Å². The second-order valence-corrected chi connectivity index (χ2v) is 5.99. The van der Waals surface area contributed by atoms with Gasteiger partial charge in [-0.05, 0) is 49.6 Å². The molecule has 1 aliphatic heterocycles. The molecule has 114 valence electrons. The van der Waals surface area contributed by atoms with E-state index < -0.39 is 0 Å². The highest BCUT2D eigenvalue weighted by molar-refractivity contribution is 5.32. The molecule has 2 aromatic rings. The van der Waals surface area contributed by atoms with Crippen molar-refractivity contribution in [2.75, 3.05) is 6.54 Å². The lowest BCUT2D eigenvalue weighted by Crippen LogP contribution is -2.39. The maximum atomic E-state index is 9.04. The minimum absolute atomic E-state index is 0.615. The lowest BCUT2D eigenvalue weighted by molar-refractivity contribution is 0.127. The molecule has 1 atom stereocenters. The van der Waals surface area contributed by atoms with Crippen LogP contribution in [0, 0.1) is 11.3 Å². The van der Waals surface area contributed by atoms with Crippen LogP contribution in [0.15, 0.2) is 42.7 Å². The van der Waals surface area contributed by atoms with E-state index >= 15 is 0 Å². The first-order chi connectivity index (χ1) is 10.8. The molecule has 22 heavy (non-hydrogen) atoms. The molecule has 2 heterocycles. The zero-order valence-electron chi connectivity index (χ0n) is 12.9. The van der Waals surface area contributed by atoms with Crippen LogP contribution in [-0.2, 0) is 13.1 Å². The summed E-state index contributed by atoms with van der Waals surface area (Å²) in [6.45, 7) is 3.08. The van der Waals surface area contributed by atoms with E-state index in [-0.39, 0.29) is 0 Å². The Kier molecular flexibility index (Phi) is 4.87. The van der Waals surface area contributed by atoms with Crippen molar-refractivity contribution < 1.29 is 0 Å². The Morgan fingerprint density at radius 2 is 2.23 bits per heavy atom.